The predicted octanol–water partition coefficient (Wildman–Crippen LogP) is 2.92. The van der Waals surface area contributed by atoms with Crippen molar-refractivity contribution in [2.45, 2.75) is 19.4 Å². The summed E-state index contributed by atoms with van der Waals surface area (Å²) >= 11 is 0. The van der Waals surface area contributed by atoms with Crippen LogP contribution in [0.5, 0.6) is 5.75 Å². The number of benzene rings is 2. The maximum absolute atomic E-state index is 13.3. The van der Waals surface area contributed by atoms with Crippen molar-refractivity contribution in [1.82, 2.24) is 9.47 Å². The number of para-hydroxylation sites is 3. The summed E-state index contributed by atoms with van der Waals surface area (Å²) < 4.78 is 7.56. The van der Waals surface area contributed by atoms with Gasteiger partial charge in [-0.2, -0.15) is 0 Å². The van der Waals surface area contributed by atoms with E-state index >= 15 is 0 Å². The van der Waals surface area contributed by atoms with Crippen LogP contribution in [-0.4, -0.2) is 48.7 Å². The van der Waals surface area contributed by atoms with Gasteiger partial charge in [-0.05, 0) is 36.6 Å². The van der Waals surface area contributed by atoms with Gasteiger partial charge in [-0.1, -0.05) is 24.3 Å². The number of pyridine rings is 1. The first kappa shape index (κ1) is 18.7. The van der Waals surface area contributed by atoms with Gasteiger partial charge in [0.25, 0.3) is 5.91 Å². The molecule has 6 nitrogen and oxygen atoms in total. The maximum atomic E-state index is 13.3. The Kier molecular flexibility index (Phi) is 4.69. The number of aryl methyl sites for hydroxylation is 2. The van der Waals surface area contributed by atoms with Crippen LogP contribution in [0.15, 0.2) is 53.5 Å². The number of carbonyl (C=O) groups excluding carboxylic acids is 1. The van der Waals surface area contributed by atoms with E-state index < -0.39 is 0 Å². The van der Waals surface area contributed by atoms with Gasteiger partial charge in [0.1, 0.15) is 11.3 Å². The zero-order valence-electron chi connectivity index (χ0n) is 17.1. The number of ether oxygens (including phenoxy) is 1. The van der Waals surface area contributed by atoms with Crippen LogP contribution >= 0.6 is 0 Å². The van der Waals surface area contributed by atoms with Crippen molar-refractivity contribution >= 4 is 22.5 Å². The van der Waals surface area contributed by atoms with Crippen LogP contribution in [0.25, 0.3) is 10.9 Å². The monoisotopic (exact) mass is 403 g/mol. The minimum absolute atomic E-state index is 0.151. The molecule has 6 heteroatoms. The van der Waals surface area contributed by atoms with Crippen LogP contribution in [0.3, 0.4) is 0 Å². The summed E-state index contributed by atoms with van der Waals surface area (Å²) in [5.74, 6) is 0.668. The Balaban J connectivity index is 1.41. The van der Waals surface area contributed by atoms with Crippen molar-refractivity contribution in [1.29, 1.82) is 0 Å². The van der Waals surface area contributed by atoms with Gasteiger partial charge in [0.2, 0.25) is 5.43 Å². The van der Waals surface area contributed by atoms with Crippen molar-refractivity contribution in [3.8, 4) is 5.75 Å². The molecule has 3 aromatic rings. The quantitative estimate of drug-likeness (QED) is 0.675. The van der Waals surface area contributed by atoms with Crippen LogP contribution < -0.4 is 15.1 Å². The fraction of sp³-hybridized carbons (Fsp3) is 0.333. The molecule has 1 aromatic heterocycles. The van der Waals surface area contributed by atoms with E-state index in [-0.39, 0.29) is 16.9 Å². The maximum Gasteiger partial charge on any atom is 0.259 e. The lowest BCUT2D eigenvalue weighted by molar-refractivity contribution is 0.0744. The van der Waals surface area contributed by atoms with Gasteiger partial charge in [-0.25, -0.2) is 0 Å². The topological polar surface area (TPSA) is 54.8 Å². The van der Waals surface area contributed by atoms with E-state index in [9.17, 15) is 9.59 Å². The van der Waals surface area contributed by atoms with E-state index in [1.54, 1.807) is 18.2 Å². The van der Waals surface area contributed by atoms with Crippen LogP contribution in [0.4, 0.5) is 5.69 Å². The van der Waals surface area contributed by atoms with Gasteiger partial charge in [0.15, 0.2) is 0 Å². The molecule has 0 atom stereocenters. The Labute approximate surface area is 175 Å². The largest absolute Gasteiger partial charge is 0.495 e. The molecule has 1 fully saturated rings. The van der Waals surface area contributed by atoms with Gasteiger partial charge in [0, 0.05) is 44.3 Å². The molecule has 154 valence electrons. The van der Waals surface area contributed by atoms with E-state index in [1.165, 1.54) is 5.56 Å². The third kappa shape index (κ3) is 3.03. The van der Waals surface area contributed by atoms with Crippen LogP contribution in [0.1, 0.15) is 22.3 Å². The summed E-state index contributed by atoms with van der Waals surface area (Å²) in [5, 5.41) is 0.658. The molecule has 3 heterocycles. The van der Waals surface area contributed by atoms with Gasteiger partial charge >= 0.3 is 0 Å². The summed E-state index contributed by atoms with van der Waals surface area (Å²) in [6.07, 6.45) is 3.79. The molecule has 0 bridgehead atoms. The van der Waals surface area contributed by atoms with Crippen LogP contribution in [0.2, 0.25) is 0 Å². The van der Waals surface area contributed by atoms with E-state index in [0.717, 1.165) is 36.3 Å². The Morgan fingerprint density at radius 2 is 1.77 bits per heavy atom. The average molecular weight is 403 g/mol. The number of hydrogen-bond donors (Lipinski definition) is 0. The van der Waals surface area contributed by atoms with Crippen molar-refractivity contribution in [3.05, 3.63) is 70.0 Å². The zero-order valence-corrected chi connectivity index (χ0v) is 17.1. The molecule has 5 rings (SSSR count). The first-order valence-corrected chi connectivity index (χ1v) is 10.5. The molecule has 0 aliphatic carbocycles. The van der Waals surface area contributed by atoms with Crippen LogP contribution in [-0.2, 0) is 13.0 Å². The number of methoxy groups -OCH3 is 1. The third-order valence-corrected chi connectivity index (χ3v) is 6.25. The van der Waals surface area contributed by atoms with Crippen molar-refractivity contribution in [3.63, 3.8) is 0 Å². The molecule has 30 heavy (non-hydrogen) atoms. The highest BCUT2D eigenvalue weighted by Gasteiger charge is 2.27. The smallest absolute Gasteiger partial charge is 0.259 e. The second-order valence-corrected chi connectivity index (χ2v) is 7.93. The lowest BCUT2D eigenvalue weighted by Gasteiger charge is -2.36. The standard InChI is InChI=1S/C24H25N3O3/c1-30-21-10-3-2-9-20(21)25-12-14-26(15-13-25)24(29)19-16-27-11-5-7-17-6-4-8-18(22(17)27)23(19)28/h2-4,6,8-10,16H,5,7,11-15H2,1H3. The molecular formula is C24H25N3O3. The molecular weight excluding hydrogens is 378 g/mol. The van der Waals surface area contributed by atoms with Gasteiger partial charge in [0.05, 0.1) is 18.3 Å². The van der Waals surface area contributed by atoms with Crippen molar-refractivity contribution in [2.75, 3.05) is 38.2 Å². The van der Waals surface area contributed by atoms with E-state index in [4.69, 9.17) is 4.74 Å². The number of carbonyl (C=O) groups is 1. The number of aromatic nitrogens is 1. The Morgan fingerprint density at radius 3 is 2.57 bits per heavy atom. The SMILES string of the molecule is COc1ccccc1N1CCN(C(=O)c2cn3c4c(cccc4c2=O)CCC3)CC1. The zero-order chi connectivity index (χ0) is 20.7. The second kappa shape index (κ2) is 7.52. The highest BCUT2D eigenvalue weighted by molar-refractivity contribution is 5.98. The molecule has 1 saturated heterocycles. The van der Waals surface area contributed by atoms with Gasteiger partial charge in [-0.15, -0.1) is 0 Å². The van der Waals surface area contributed by atoms with E-state index in [2.05, 4.69) is 15.5 Å². The summed E-state index contributed by atoms with van der Waals surface area (Å²) in [7, 11) is 1.67. The number of amides is 1. The molecule has 2 aliphatic rings. The summed E-state index contributed by atoms with van der Waals surface area (Å²) in [5.41, 5.74) is 3.36. The number of hydrogen-bond acceptors (Lipinski definition) is 4. The average Bonchev–Trinajstić information content (AvgIpc) is 2.81. The summed E-state index contributed by atoms with van der Waals surface area (Å²) in [6.45, 7) is 3.41. The number of rotatable bonds is 3. The fourth-order valence-corrected chi connectivity index (χ4v) is 4.72. The lowest BCUT2D eigenvalue weighted by Crippen LogP contribution is -2.49. The molecule has 0 radical (unpaired) electrons. The van der Waals surface area contributed by atoms with Crippen molar-refractivity contribution in [2.24, 2.45) is 0 Å². The van der Waals surface area contributed by atoms with Crippen molar-refractivity contribution < 1.29 is 9.53 Å². The van der Waals surface area contributed by atoms with E-state index in [1.807, 2.05) is 36.4 Å². The number of nitrogens with zero attached hydrogens (tertiary/aromatic N) is 3. The molecule has 0 spiro atoms. The highest BCUT2D eigenvalue weighted by Crippen LogP contribution is 2.29. The number of piperazine rings is 1. The fourth-order valence-electron chi connectivity index (χ4n) is 4.72. The molecule has 0 N–H and O–H groups in total. The highest BCUT2D eigenvalue weighted by atomic mass is 16.5. The first-order valence-electron chi connectivity index (χ1n) is 10.5. The first-order chi connectivity index (χ1) is 14.7. The van der Waals surface area contributed by atoms with Gasteiger partial charge < -0.3 is 19.1 Å². The summed E-state index contributed by atoms with van der Waals surface area (Å²) in [6, 6.07) is 13.8. The van der Waals surface area contributed by atoms with Crippen LogP contribution in [0, 0.1) is 0 Å². The second-order valence-electron chi connectivity index (χ2n) is 7.93. The Bertz CT molecular complexity index is 1180. The molecule has 2 aromatic carbocycles. The predicted molar refractivity (Wildman–Crippen MR) is 118 cm³/mol. The van der Waals surface area contributed by atoms with E-state index in [0.29, 0.717) is 31.6 Å². The van der Waals surface area contributed by atoms with Gasteiger partial charge in [-0.3, -0.25) is 9.59 Å². The Hall–Kier alpha value is -3.28. The molecule has 0 saturated carbocycles. The molecule has 0 unspecified atom stereocenters. The molecule has 2 aliphatic heterocycles. The summed E-state index contributed by atoms with van der Waals surface area (Å²) in [4.78, 5) is 30.4. The Morgan fingerprint density at radius 1 is 0.967 bits per heavy atom. The minimum atomic E-state index is -0.165. The minimum Gasteiger partial charge on any atom is -0.495 e. The number of anilines is 1. The third-order valence-electron chi connectivity index (χ3n) is 6.25. The lowest BCUT2D eigenvalue weighted by atomic mass is 9.99. The normalized spacial score (nSPS) is 16.0. The molecule has 1 amide bonds.